The van der Waals surface area contributed by atoms with Crippen molar-refractivity contribution in [3.8, 4) is 11.3 Å². The third-order valence-electron chi connectivity index (χ3n) is 4.65. The molecular formula is C20H26BrN3O2. The van der Waals surface area contributed by atoms with Crippen LogP contribution in [0.25, 0.3) is 11.3 Å². The summed E-state index contributed by atoms with van der Waals surface area (Å²) in [7, 11) is 1.75. The van der Waals surface area contributed by atoms with Crippen molar-refractivity contribution in [2.75, 3.05) is 7.05 Å². The molecule has 2 aromatic rings. The van der Waals surface area contributed by atoms with Gasteiger partial charge in [-0.2, -0.15) is 0 Å². The minimum Gasteiger partial charge on any atom is -0.444 e. The number of aromatic nitrogens is 2. The number of aryl methyl sites for hydroxylation is 2. The summed E-state index contributed by atoms with van der Waals surface area (Å²) in [4.78, 5) is 22.3. The SMILES string of the molecule is C[C@@H](c1nc2c([nH]1)CCCc1cc(Br)ccc1-2)N(C)C(=O)OC(C)(C)C. The van der Waals surface area contributed by atoms with E-state index in [9.17, 15) is 4.79 Å². The van der Waals surface area contributed by atoms with Crippen LogP contribution in [0, 0.1) is 0 Å². The minimum absolute atomic E-state index is 0.198. The van der Waals surface area contributed by atoms with E-state index < -0.39 is 5.60 Å². The van der Waals surface area contributed by atoms with Crippen molar-refractivity contribution in [2.24, 2.45) is 0 Å². The number of benzene rings is 1. The van der Waals surface area contributed by atoms with Crippen molar-refractivity contribution in [1.29, 1.82) is 0 Å². The number of carbonyl (C=O) groups is 1. The van der Waals surface area contributed by atoms with Crippen molar-refractivity contribution >= 4 is 22.0 Å². The second kappa shape index (κ2) is 7.06. The molecule has 1 N–H and O–H groups in total. The average Bonchev–Trinajstić information content (AvgIpc) is 2.89. The number of hydrogen-bond donors (Lipinski definition) is 1. The van der Waals surface area contributed by atoms with Gasteiger partial charge >= 0.3 is 6.09 Å². The first-order valence-corrected chi connectivity index (χ1v) is 9.78. The van der Waals surface area contributed by atoms with Crippen molar-refractivity contribution in [3.05, 3.63) is 39.8 Å². The van der Waals surface area contributed by atoms with Gasteiger partial charge in [-0.25, -0.2) is 9.78 Å². The van der Waals surface area contributed by atoms with Gasteiger partial charge in [0.05, 0.1) is 11.7 Å². The highest BCUT2D eigenvalue weighted by molar-refractivity contribution is 9.10. The molecule has 26 heavy (non-hydrogen) atoms. The average molecular weight is 420 g/mol. The molecule has 0 unspecified atom stereocenters. The molecule has 0 fully saturated rings. The summed E-state index contributed by atoms with van der Waals surface area (Å²) in [5, 5.41) is 0. The monoisotopic (exact) mass is 419 g/mol. The van der Waals surface area contributed by atoms with Crippen molar-refractivity contribution in [3.63, 3.8) is 0 Å². The first-order chi connectivity index (χ1) is 12.2. The molecular weight excluding hydrogens is 394 g/mol. The maximum atomic E-state index is 12.4. The number of rotatable bonds is 2. The van der Waals surface area contributed by atoms with Gasteiger partial charge in [-0.1, -0.05) is 22.0 Å². The lowest BCUT2D eigenvalue weighted by atomic mass is 10.0. The fourth-order valence-corrected chi connectivity index (χ4v) is 3.57. The molecule has 5 nitrogen and oxygen atoms in total. The number of amides is 1. The Morgan fingerprint density at radius 1 is 1.35 bits per heavy atom. The van der Waals surface area contributed by atoms with Gasteiger partial charge in [-0.3, -0.25) is 0 Å². The molecule has 0 radical (unpaired) electrons. The van der Waals surface area contributed by atoms with Crippen LogP contribution < -0.4 is 0 Å². The predicted molar refractivity (Wildman–Crippen MR) is 106 cm³/mol. The maximum Gasteiger partial charge on any atom is 0.410 e. The second-order valence-corrected chi connectivity index (χ2v) is 8.79. The molecule has 0 saturated heterocycles. The molecule has 1 aliphatic carbocycles. The number of H-pyrrole nitrogens is 1. The van der Waals surface area contributed by atoms with E-state index in [0.29, 0.717) is 0 Å². The van der Waals surface area contributed by atoms with Crippen LogP contribution in [-0.4, -0.2) is 33.6 Å². The predicted octanol–water partition coefficient (Wildman–Crippen LogP) is 5.26. The normalized spacial score (nSPS) is 14.8. The van der Waals surface area contributed by atoms with Crippen LogP contribution in [0.1, 0.15) is 57.2 Å². The van der Waals surface area contributed by atoms with Crippen molar-refractivity contribution in [1.82, 2.24) is 14.9 Å². The molecule has 0 spiro atoms. The Balaban J connectivity index is 1.89. The maximum absolute atomic E-state index is 12.4. The highest BCUT2D eigenvalue weighted by atomic mass is 79.9. The standard InChI is InChI=1S/C20H26BrN3O2/c1-12(24(5)19(25)26-20(2,3)4)18-22-16-8-6-7-13-11-14(21)9-10-15(13)17(16)23-18/h9-12H,6-8H2,1-5H3,(H,22,23)/t12-/m0/s1. The lowest BCUT2D eigenvalue weighted by molar-refractivity contribution is 0.0227. The Morgan fingerprint density at radius 3 is 2.77 bits per heavy atom. The van der Waals surface area contributed by atoms with E-state index in [4.69, 9.17) is 9.72 Å². The molecule has 0 aliphatic heterocycles. The number of hydrogen-bond acceptors (Lipinski definition) is 3. The quantitative estimate of drug-likeness (QED) is 0.722. The first kappa shape index (κ1) is 19.0. The Labute approximate surface area is 163 Å². The Bertz CT molecular complexity index is 823. The van der Waals surface area contributed by atoms with Crippen molar-refractivity contribution in [2.45, 2.75) is 58.6 Å². The van der Waals surface area contributed by atoms with Gasteiger partial charge in [0.2, 0.25) is 0 Å². The topological polar surface area (TPSA) is 58.2 Å². The van der Waals surface area contributed by atoms with E-state index in [2.05, 4.69) is 39.1 Å². The first-order valence-electron chi connectivity index (χ1n) is 8.99. The van der Waals surface area contributed by atoms with Gasteiger partial charge in [0.25, 0.3) is 0 Å². The van der Waals surface area contributed by atoms with Gasteiger partial charge in [0, 0.05) is 22.8 Å². The Morgan fingerprint density at radius 2 is 2.08 bits per heavy atom. The summed E-state index contributed by atoms with van der Waals surface area (Å²) in [6.07, 6.45) is 2.73. The number of nitrogens with zero attached hydrogens (tertiary/aromatic N) is 2. The summed E-state index contributed by atoms with van der Waals surface area (Å²) in [6, 6.07) is 6.15. The lowest BCUT2D eigenvalue weighted by Crippen LogP contribution is -2.36. The zero-order valence-corrected chi connectivity index (χ0v) is 17.6. The van der Waals surface area contributed by atoms with Crippen LogP contribution in [0.3, 0.4) is 0 Å². The fraction of sp³-hybridized carbons (Fsp3) is 0.500. The van der Waals surface area contributed by atoms with E-state index in [1.807, 2.05) is 27.7 Å². The van der Waals surface area contributed by atoms with Gasteiger partial charge in [-0.05, 0) is 64.7 Å². The Hall–Kier alpha value is -1.82. The third-order valence-corrected chi connectivity index (χ3v) is 5.14. The number of fused-ring (bicyclic) bond motifs is 3. The van der Waals surface area contributed by atoms with Crippen LogP contribution in [0.2, 0.25) is 0 Å². The van der Waals surface area contributed by atoms with Crippen LogP contribution in [0.4, 0.5) is 4.79 Å². The highest BCUT2D eigenvalue weighted by Gasteiger charge is 2.27. The largest absolute Gasteiger partial charge is 0.444 e. The van der Waals surface area contributed by atoms with E-state index in [1.165, 1.54) is 11.1 Å². The molecule has 1 heterocycles. The fourth-order valence-electron chi connectivity index (χ4n) is 3.16. The van der Waals surface area contributed by atoms with E-state index in [-0.39, 0.29) is 12.1 Å². The smallest absolute Gasteiger partial charge is 0.410 e. The molecule has 1 aromatic heterocycles. The van der Waals surface area contributed by atoms with E-state index in [1.54, 1.807) is 11.9 Å². The highest BCUT2D eigenvalue weighted by Crippen LogP contribution is 2.34. The van der Waals surface area contributed by atoms with Gasteiger partial charge in [0.1, 0.15) is 11.4 Å². The summed E-state index contributed by atoms with van der Waals surface area (Å²) in [5.41, 5.74) is 4.12. The number of aromatic amines is 1. The van der Waals surface area contributed by atoms with Crippen LogP contribution in [0.15, 0.2) is 22.7 Å². The van der Waals surface area contributed by atoms with Gasteiger partial charge in [0.15, 0.2) is 0 Å². The van der Waals surface area contributed by atoms with Gasteiger partial charge < -0.3 is 14.6 Å². The van der Waals surface area contributed by atoms with Crippen molar-refractivity contribution < 1.29 is 9.53 Å². The van der Waals surface area contributed by atoms with Gasteiger partial charge in [-0.15, -0.1) is 0 Å². The van der Waals surface area contributed by atoms with E-state index in [0.717, 1.165) is 40.9 Å². The zero-order valence-electron chi connectivity index (χ0n) is 16.0. The molecule has 3 rings (SSSR count). The van der Waals surface area contributed by atoms with Crippen LogP contribution in [-0.2, 0) is 17.6 Å². The number of nitrogens with one attached hydrogen (secondary N) is 1. The minimum atomic E-state index is -0.516. The molecule has 1 amide bonds. The van der Waals surface area contributed by atoms with Crippen LogP contribution in [0.5, 0.6) is 0 Å². The molecule has 0 saturated carbocycles. The second-order valence-electron chi connectivity index (χ2n) is 7.87. The third kappa shape index (κ3) is 3.95. The van der Waals surface area contributed by atoms with Crippen LogP contribution >= 0.6 is 15.9 Å². The number of ether oxygens (including phenoxy) is 1. The molecule has 6 heteroatoms. The lowest BCUT2D eigenvalue weighted by Gasteiger charge is -2.27. The molecule has 1 atom stereocenters. The molecule has 0 bridgehead atoms. The number of carbonyl (C=O) groups excluding carboxylic acids is 1. The van der Waals surface area contributed by atoms with E-state index >= 15 is 0 Å². The summed E-state index contributed by atoms with van der Waals surface area (Å²) in [5.74, 6) is 0.791. The molecule has 1 aromatic carbocycles. The summed E-state index contributed by atoms with van der Waals surface area (Å²) < 4.78 is 6.56. The molecule has 1 aliphatic rings. The summed E-state index contributed by atoms with van der Waals surface area (Å²) >= 11 is 3.56. The molecule has 140 valence electrons. The summed E-state index contributed by atoms with van der Waals surface area (Å²) in [6.45, 7) is 7.57. The number of imidazole rings is 1. The Kier molecular flexibility index (Phi) is 5.15. The zero-order chi connectivity index (χ0) is 19.1. The number of halogens is 1.